The number of amides is 2. The first-order valence-electron chi connectivity index (χ1n) is 9.33. The second kappa shape index (κ2) is 11.3. The molecule has 2 aromatic carbocycles. The van der Waals surface area contributed by atoms with Gasteiger partial charge in [0, 0.05) is 37.2 Å². The minimum Gasteiger partial charge on any atom is -0.348 e. The highest BCUT2D eigenvalue weighted by molar-refractivity contribution is 6.02. The van der Waals surface area contributed by atoms with Crippen molar-refractivity contribution < 1.29 is 19.2 Å². The summed E-state index contributed by atoms with van der Waals surface area (Å²) in [6.07, 6.45) is 2.99. The number of allylic oxidation sites excluding steroid dienone is 1. The molecule has 6 nitrogen and oxygen atoms in total. The van der Waals surface area contributed by atoms with Crippen LogP contribution in [0.1, 0.15) is 27.9 Å². The summed E-state index contributed by atoms with van der Waals surface area (Å²) in [5, 5.41) is 0. The molecule has 1 atom stereocenters. The van der Waals surface area contributed by atoms with Crippen molar-refractivity contribution in [3.8, 4) is 11.8 Å². The van der Waals surface area contributed by atoms with E-state index in [0.717, 1.165) is 11.1 Å². The third-order valence-electron chi connectivity index (χ3n) is 4.16. The summed E-state index contributed by atoms with van der Waals surface area (Å²) < 4.78 is 0. The van der Waals surface area contributed by atoms with Crippen LogP contribution in [0.25, 0.3) is 0 Å². The molecule has 0 spiro atoms. The van der Waals surface area contributed by atoms with Gasteiger partial charge in [-0.05, 0) is 24.3 Å². The lowest BCUT2D eigenvalue weighted by atomic mass is 10.0. The van der Waals surface area contributed by atoms with Gasteiger partial charge in [0.15, 0.2) is 5.78 Å². The van der Waals surface area contributed by atoms with Crippen molar-refractivity contribution in [2.75, 3.05) is 21.2 Å². The lowest BCUT2D eigenvalue weighted by Crippen LogP contribution is -2.39. The number of nitrogens with one attached hydrogen (secondary N) is 1. The molecule has 1 N–H and O–H groups in total. The molecule has 0 aromatic heterocycles. The minimum absolute atomic E-state index is 0.0620. The first-order chi connectivity index (χ1) is 14.4. The smallest absolute Gasteiger partial charge is 0.259 e. The van der Waals surface area contributed by atoms with Crippen LogP contribution >= 0.6 is 0 Å². The molecular weight excluding hydrogens is 380 g/mol. The summed E-state index contributed by atoms with van der Waals surface area (Å²) in [6.45, 7) is 0. The van der Waals surface area contributed by atoms with Crippen LogP contribution in [0.2, 0.25) is 0 Å². The highest BCUT2D eigenvalue weighted by Crippen LogP contribution is 2.10. The molecule has 0 aliphatic rings. The standard InChI is InChI=1S/C24H24N2O4/c1-26(2)24(29)21(23(28)25-30-3)10-7-11-22(27)20-16-14-19(15-17-20)13-12-18-8-5-4-6-9-18/h4-10,14-17,21H,11H2,1-3H3,(H,25,28)/b10-7+. The molecule has 6 heteroatoms. The Hall–Kier alpha value is -3.69. The molecule has 154 valence electrons. The van der Waals surface area contributed by atoms with E-state index in [1.807, 2.05) is 30.3 Å². The summed E-state index contributed by atoms with van der Waals surface area (Å²) >= 11 is 0. The van der Waals surface area contributed by atoms with Crippen LogP contribution in [-0.2, 0) is 14.4 Å². The molecule has 0 heterocycles. The molecule has 0 aliphatic carbocycles. The summed E-state index contributed by atoms with van der Waals surface area (Å²) in [6, 6.07) is 16.6. The summed E-state index contributed by atoms with van der Waals surface area (Å²) in [4.78, 5) is 42.5. The summed E-state index contributed by atoms with van der Waals surface area (Å²) in [5.41, 5.74) is 4.40. The van der Waals surface area contributed by atoms with Crippen molar-refractivity contribution >= 4 is 17.6 Å². The van der Waals surface area contributed by atoms with Crippen molar-refractivity contribution in [1.82, 2.24) is 10.4 Å². The average Bonchev–Trinajstić information content (AvgIpc) is 2.76. The third kappa shape index (κ3) is 6.73. The van der Waals surface area contributed by atoms with E-state index in [1.165, 1.54) is 24.2 Å². The van der Waals surface area contributed by atoms with Crippen molar-refractivity contribution in [3.05, 3.63) is 83.4 Å². The molecular formula is C24H24N2O4. The van der Waals surface area contributed by atoms with Crippen molar-refractivity contribution in [3.63, 3.8) is 0 Å². The Labute approximate surface area is 176 Å². The Kier molecular flexibility index (Phi) is 8.55. The zero-order valence-corrected chi connectivity index (χ0v) is 17.2. The minimum atomic E-state index is -1.07. The van der Waals surface area contributed by atoms with E-state index in [-0.39, 0.29) is 12.2 Å². The lowest BCUT2D eigenvalue weighted by molar-refractivity contribution is -0.143. The molecule has 2 aromatic rings. The Morgan fingerprint density at radius 3 is 2.17 bits per heavy atom. The van der Waals surface area contributed by atoms with Crippen molar-refractivity contribution in [1.29, 1.82) is 0 Å². The largest absolute Gasteiger partial charge is 0.348 e. The van der Waals surface area contributed by atoms with Gasteiger partial charge in [-0.15, -0.1) is 0 Å². The van der Waals surface area contributed by atoms with Gasteiger partial charge in [-0.25, -0.2) is 5.48 Å². The molecule has 0 saturated carbocycles. The highest BCUT2D eigenvalue weighted by atomic mass is 16.6. The lowest BCUT2D eigenvalue weighted by Gasteiger charge is -2.16. The maximum Gasteiger partial charge on any atom is 0.259 e. The average molecular weight is 404 g/mol. The van der Waals surface area contributed by atoms with Gasteiger partial charge in [-0.2, -0.15) is 0 Å². The topological polar surface area (TPSA) is 75.7 Å². The number of hydrogen-bond acceptors (Lipinski definition) is 4. The zero-order valence-electron chi connectivity index (χ0n) is 17.2. The molecule has 0 saturated heterocycles. The monoisotopic (exact) mass is 404 g/mol. The third-order valence-corrected chi connectivity index (χ3v) is 4.16. The second-order valence-corrected chi connectivity index (χ2v) is 6.63. The Morgan fingerprint density at radius 2 is 1.60 bits per heavy atom. The first-order valence-corrected chi connectivity index (χ1v) is 9.33. The van der Waals surface area contributed by atoms with Gasteiger partial charge >= 0.3 is 0 Å². The summed E-state index contributed by atoms with van der Waals surface area (Å²) in [5.74, 6) is 3.93. The van der Waals surface area contributed by atoms with Crippen LogP contribution in [0, 0.1) is 17.8 Å². The van der Waals surface area contributed by atoms with E-state index in [1.54, 1.807) is 38.4 Å². The predicted molar refractivity (Wildman–Crippen MR) is 114 cm³/mol. The van der Waals surface area contributed by atoms with Crippen LogP contribution in [0.5, 0.6) is 0 Å². The number of nitrogens with zero attached hydrogens (tertiary/aromatic N) is 1. The number of carbonyl (C=O) groups excluding carboxylic acids is 3. The van der Waals surface area contributed by atoms with Gasteiger partial charge in [0.25, 0.3) is 5.91 Å². The van der Waals surface area contributed by atoms with E-state index in [0.29, 0.717) is 5.56 Å². The van der Waals surface area contributed by atoms with Crippen LogP contribution in [0.15, 0.2) is 66.7 Å². The zero-order chi connectivity index (χ0) is 21.9. The van der Waals surface area contributed by atoms with E-state index in [9.17, 15) is 14.4 Å². The fourth-order valence-electron chi connectivity index (χ4n) is 2.56. The maximum atomic E-state index is 12.4. The molecule has 0 aliphatic heterocycles. The van der Waals surface area contributed by atoms with E-state index < -0.39 is 17.7 Å². The van der Waals surface area contributed by atoms with Crippen molar-refractivity contribution in [2.24, 2.45) is 5.92 Å². The Morgan fingerprint density at radius 1 is 1.00 bits per heavy atom. The molecule has 2 rings (SSSR count). The SMILES string of the molecule is CONC(=O)C(/C=C/CC(=O)c1ccc(C#Cc2ccccc2)cc1)C(=O)N(C)C. The van der Waals surface area contributed by atoms with Crippen LogP contribution in [0.3, 0.4) is 0 Å². The van der Waals surface area contributed by atoms with E-state index in [4.69, 9.17) is 0 Å². The van der Waals surface area contributed by atoms with Gasteiger partial charge in [-0.3, -0.25) is 19.2 Å². The van der Waals surface area contributed by atoms with Gasteiger partial charge in [0.2, 0.25) is 5.91 Å². The summed E-state index contributed by atoms with van der Waals surface area (Å²) in [7, 11) is 4.39. The molecule has 1 unspecified atom stereocenters. The number of carbonyl (C=O) groups is 3. The maximum absolute atomic E-state index is 12.4. The fraction of sp³-hybridized carbons (Fsp3) is 0.208. The van der Waals surface area contributed by atoms with Gasteiger partial charge in [0.1, 0.15) is 5.92 Å². The van der Waals surface area contributed by atoms with E-state index >= 15 is 0 Å². The van der Waals surface area contributed by atoms with Crippen LogP contribution in [0.4, 0.5) is 0 Å². The number of hydroxylamine groups is 1. The molecule has 0 bridgehead atoms. The quantitative estimate of drug-likeness (QED) is 0.253. The number of Topliss-reactive ketones (excluding diaryl/α,β-unsaturated/α-hetero) is 1. The normalized spacial score (nSPS) is 11.3. The fourth-order valence-corrected chi connectivity index (χ4v) is 2.56. The van der Waals surface area contributed by atoms with Gasteiger partial charge < -0.3 is 4.90 Å². The predicted octanol–water partition coefficient (Wildman–Crippen LogP) is 2.60. The van der Waals surface area contributed by atoms with Crippen molar-refractivity contribution in [2.45, 2.75) is 6.42 Å². The van der Waals surface area contributed by atoms with Gasteiger partial charge in [-0.1, -0.05) is 54.3 Å². The number of hydrogen-bond donors (Lipinski definition) is 1. The van der Waals surface area contributed by atoms with E-state index in [2.05, 4.69) is 22.2 Å². The molecule has 0 fully saturated rings. The Bertz CT molecular complexity index is 968. The molecule has 30 heavy (non-hydrogen) atoms. The highest BCUT2D eigenvalue weighted by Gasteiger charge is 2.25. The number of rotatable bonds is 7. The second-order valence-electron chi connectivity index (χ2n) is 6.63. The number of benzene rings is 2. The van der Waals surface area contributed by atoms with Crippen LogP contribution < -0.4 is 5.48 Å². The molecule has 0 radical (unpaired) electrons. The Balaban J connectivity index is 2.02. The van der Waals surface area contributed by atoms with Gasteiger partial charge in [0.05, 0.1) is 7.11 Å². The number of ketones is 1. The first kappa shape index (κ1) is 22.6. The van der Waals surface area contributed by atoms with Crippen LogP contribution in [-0.4, -0.2) is 43.7 Å². The molecule has 2 amide bonds.